The van der Waals surface area contributed by atoms with Gasteiger partial charge < -0.3 is 4.74 Å². The molecule has 17 heavy (non-hydrogen) atoms. The van der Waals surface area contributed by atoms with Gasteiger partial charge in [0.05, 0.1) is 17.7 Å². The molecule has 0 saturated carbocycles. The van der Waals surface area contributed by atoms with Gasteiger partial charge in [-0.2, -0.15) is 0 Å². The summed E-state index contributed by atoms with van der Waals surface area (Å²) in [6.07, 6.45) is -0.177. The van der Waals surface area contributed by atoms with Crippen LogP contribution in [-0.2, 0) is 4.74 Å². The van der Waals surface area contributed by atoms with Crippen LogP contribution in [0.25, 0.3) is 0 Å². The van der Waals surface area contributed by atoms with E-state index in [4.69, 9.17) is 4.74 Å². The minimum Gasteiger partial charge on any atom is -0.358 e. The molecule has 2 N–H and O–H groups in total. The summed E-state index contributed by atoms with van der Waals surface area (Å²) in [5.74, 6) is -0.637. The third kappa shape index (κ3) is 1.47. The van der Waals surface area contributed by atoms with Crippen LogP contribution in [0.5, 0.6) is 0 Å². The first-order valence-electron chi connectivity index (χ1n) is 5.52. The van der Waals surface area contributed by atoms with Crippen molar-refractivity contribution in [3.05, 3.63) is 34.4 Å². The average Bonchev–Trinajstić information content (AvgIpc) is 2.89. The van der Waals surface area contributed by atoms with E-state index in [1.165, 1.54) is 0 Å². The summed E-state index contributed by atoms with van der Waals surface area (Å²) in [5.41, 5.74) is 2.66. The van der Waals surface area contributed by atoms with Gasteiger partial charge in [-0.05, 0) is 24.1 Å². The third-order valence-electron chi connectivity index (χ3n) is 3.20. The van der Waals surface area contributed by atoms with Gasteiger partial charge in [0.1, 0.15) is 6.23 Å². The van der Waals surface area contributed by atoms with Crippen LogP contribution in [-0.4, -0.2) is 25.0 Å². The van der Waals surface area contributed by atoms with Crippen LogP contribution in [0.15, 0.2) is 12.1 Å². The van der Waals surface area contributed by atoms with Gasteiger partial charge in [0.2, 0.25) is 0 Å². The second kappa shape index (κ2) is 3.65. The first kappa shape index (κ1) is 10.4. The molecule has 1 aromatic carbocycles. The highest BCUT2D eigenvalue weighted by Crippen LogP contribution is 2.28. The van der Waals surface area contributed by atoms with Gasteiger partial charge in [-0.3, -0.25) is 20.2 Å². The molecule has 2 heterocycles. The van der Waals surface area contributed by atoms with Crippen molar-refractivity contribution < 1.29 is 14.3 Å². The molecule has 0 aliphatic carbocycles. The van der Waals surface area contributed by atoms with Crippen molar-refractivity contribution in [2.24, 2.45) is 0 Å². The van der Waals surface area contributed by atoms with Gasteiger partial charge in [0, 0.05) is 6.54 Å². The zero-order valence-electron chi connectivity index (χ0n) is 9.37. The van der Waals surface area contributed by atoms with E-state index >= 15 is 0 Å². The Morgan fingerprint density at radius 1 is 1.29 bits per heavy atom. The monoisotopic (exact) mass is 232 g/mol. The average molecular weight is 232 g/mol. The summed E-state index contributed by atoms with van der Waals surface area (Å²) >= 11 is 0. The van der Waals surface area contributed by atoms with Gasteiger partial charge in [0.25, 0.3) is 11.8 Å². The zero-order valence-corrected chi connectivity index (χ0v) is 9.37. The van der Waals surface area contributed by atoms with E-state index in [-0.39, 0.29) is 18.0 Å². The van der Waals surface area contributed by atoms with E-state index in [0.29, 0.717) is 17.7 Å². The van der Waals surface area contributed by atoms with E-state index in [1.807, 2.05) is 13.0 Å². The lowest BCUT2D eigenvalue weighted by molar-refractivity contribution is 0.0879. The highest BCUT2D eigenvalue weighted by Gasteiger charge is 2.31. The van der Waals surface area contributed by atoms with E-state index in [9.17, 15) is 9.59 Å². The molecule has 0 radical (unpaired) electrons. The molecule has 2 aliphatic heterocycles. The Morgan fingerprint density at radius 3 is 2.82 bits per heavy atom. The molecule has 3 rings (SSSR count). The summed E-state index contributed by atoms with van der Waals surface area (Å²) < 4.78 is 5.51. The molecule has 1 atom stereocenters. The Morgan fingerprint density at radius 2 is 2.12 bits per heavy atom. The topological polar surface area (TPSA) is 67.4 Å². The number of nitrogens with one attached hydrogen (secondary N) is 2. The highest BCUT2D eigenvalue weighted by molar-refractivity contribution is 6.22. The first-order valence-corrected chi connectivity index (χ1v) is 5.52. The van der Waals surface area contributed by atoms with Crippen LogP contribution in [0.1, 0.15) is 38.1 Å². The van der Waals surface area contributed by atoms with Gasteiger partial charge in [-0.25, -0.2) is 0 Å². The van der Waals surface area contributed by atoms with Crippen LogP contribution in [0.2, 0.25) is 0 Å². The summed E-state index contributed by atoms with van der Waals surface area (Å²) in [6.45, 7) is 3.30. The van der Waals surface area contributed by atoms with Crippen molar-refractivity contribution in [2.45, 2.75) is 13.2 Å². The minimum atomic E-state index is -0.319. The Labute approximate surface area is 98.1 Å². The number of ether oxygens (including phenoxy) is 1. The third-order valence-corrected chi connectivity index (χ3v) is 3.20. The molecule has 5 nitrogen and oxygen atoms in total. The molecule has 0 bridgehead atoms. The molecule has 2 amide bonds. The number of fused-ring (bicyclic) bond motifs is 1. The molecule has 88 valence electrons. The Balaban J connectivity index is 2.12. The van der Waals surface area contributed by atoms with Crippen molar-refractivity contribution in [1.82, 2.24) is 10.6 Å². The second-order valence-electron chi connectivity index (χ2n) is 4.19. The minimum absolute atomic E-state index is 0.177. The van der Waals surface area contributed by atoms with Crippen molar-refractivity contribution in [3.63, 3.8) is 0 Å². The number of amides is 2. The number of benzene rings is 1. The van der Waals surface area contributed by atoms with Crippen LogP contribution in [0.3, 0.4) is 0 Å². The fourth-order valence-corrected chi connectivity index (χ4v) is 2.35. The maximum absolute atomic E-state index is 11.7. The van der Waals surface area contributed by atoms with Gasteiger partial charge >= 0.3 is 0 Å². The van der Waals surface area contributed by atoms with Crippen LogP contribution < -0.4 is 10.6 Å². The lowest BCUT2D eigenvalue weighted by Gasteiger charge is -2.14. The number of hydrogen-bond donors (Lipinski definition) is 2. The SMILES string of the molecule is Cc1c(C2NCCO2)ccc2c1C(=O)NC2=O. The molecule has 1 saturated heterocycles. The normalized spacial score (nSPS) is 22.8. The van der Waals surface area contributed by atoms with Crippen LogP contribution >= 0.6 is 0 Å². The number of carbonyl (C=O) groups is 2. The molecule has 1 aromatic rings. The lowest BCUT2D eigenvalue weighted by Crippen LogP contribution is -2.20. The highest BCUT2D eigenvalue weighted by atomic mass is 16.5. The lowest BCUT2D eigenvalue weighted by atomic mass is 9.97. The number of carbonyl (C=O) groups excluding carboxylic acids is 2. The number of rotatable bonds is 1. The second-order valence-corrected chi connectivity index (χ2v) is 4.19. The molecule has 0 aromatic heterocycles. The summed E-state index contributed by atoms with van der Waals surface area (Å²) in [7, 11) is 0. The number of hydrogen-bond acceptors (Lipinski definition) is 4. The Bertz CT molecular complexity index is 519. The van der Waals surface area contributed by atoms with E-state index in [1.54, 1.807) is 6.07 Å². The zero-order chi connectivity index (χ0) is 12.0. The fraction of sp³-hybridized carbons (Fsp3) is 0.333. The summed E-state index contributed by atoms with van der Waals surface area (Å²) in [5, 5.41) is 5.49. The molecule has 1 unspecified atom stereocenters. The smallest absolute Gasteiger partial charge is 0.259 e. The molecular weight excluding hydrogens is 220 g/mol. The summed E-state index contributed by atoms with van der Waals surface area (Å²) in [4.78, 5) is 23.2. The van der Waals surface area contributed by atoms with Crippen LogP contribution in [0.4, 0.5) is 0 Å². The Kier molecular flexibility index (Phi) is 2.24. The van der Waals surface area contributed by atoms with Crippen molar-refractivity contribution in [3.8, 4) is 0 Å². The molecule has 1 fully saturated rings. The summed E-state index contributed by atoms with van der Waals surface area (Å²) in [6, 6.07) is 3.52. The predicted molar refractivity (Wildman–Crippen MR) is 59.7 cm³/mol. The van der Waals surface area contributed by atoms with E-state index in [2.05, 4.69) is 10.6 Å². The van der Waals surface area contributed by atoms with E-state index in [0.717, 1.165) is 17.7 Å². The molecule has 2 aliphatic rings. The maximum atomic E-state index is 11.7. The maximum Gasteiger partial charge on any atom is 0.259 e. The largest absolute Gasteiger partial charge is 0.358 e. The van der Waals surface area contributed by atoms with Crippen molar-refractivity contribution in [2.75, 3.05) is 13.2 Å². The van der Waals surface area contributed by atoms with E-state index < -0.39 is 0 Å². The molecule has 5 heteroatoms. The van der Waals surface area contributed by atoms with Gasteiger partial charge in [0.15, 0.2) is 0 Å². The Hall–Kier alpha value is -1.72. The molecule has 0 spiro atoms. The first-order chi connectivity index (χ1) is 8.18. The van der Waals surface area contributed by atoms with Gasteiger partial charge in [-0.1, -0.05) is 6.07 Å². The predicted octanol–water partition coefficient (Wildman–Crippen LogP) is 0.497. The van der Waals surface area contributed by atoms with Crippen molar-refractivity contribution >= 4 is 11.8 Å². The van der Waals surface area contributed by atoms with Crippen molar-refractivity contribution in [1.29, 1.82) is 0 Å². The fourth-order valence-electron chi connectivity index (χ4n) is 2.35. The van der Waals surface area contributed by atoms with Crippen LogP contribution in [0, 0.1) is 6.92 Å². The standard InChI is InChI=1S/C12H12N2O3/c1-6-7(12-13-4-5-17-12)2-3-8-9(6)11(16)14-10(8)15/h2-3,12-13H,4-5H2,1H3,(H,14,15,16). The number of imide groups is 1. The van der Waals surface area contributed by atoms with Gasteiger partial charge in [-0.15, -0.1) is 0 Å². The quantitative estimate of drug-likeness (QED) is 0.692. The molecular formula is C12H12N2O3.